The summed E-state index contributed by atoms with van der Waals surface area (Å²) in [5.41, 5.74) is 0.870. The highest BCUT2D eigenvalue weighted by molar-refractivity contribution is 5.71. The summed E-state index contributed by atoms with van der Waals surface area (Å²) >= 11 is 0. The normalized spacial score (nSPS) is 25.3. The molecule has 0 saturated heterocycles. The highest BCUT2D eigenvalue weighted by atomic mass is 16.7. The molecule has 0 amide bonds. The zero-order valence-corrected chi connectivity index (χ0v) is 7.16. The van der Waals surface area contributed by atoms with E-state index in [2.05, 4.69) is 15.5 Å². The van der Waals surface area contributed by atoms with Crippen LogP contribution in [0.4, 0.5) is 5.69 Å². The minimum Gasteiger partial charge on any atom is -0.164 e. The first kappa shape index (κ1) is 8.03. The van der Waals surface area contributed by atoms with E-state index in [9.17, 15) is 0 Å². The first-order chi connectivity index (χ1) is 6.37. The van der Waals surface area contributed by atoms with Crippen LogP contribution in [0.5, 0.6) is 0 Å². The maximum Gasteiger partial charge on any atom is 0.279 e. The van der Waals surface area contributed by atoms with Gasteiger partial charge in [0.15, 0.2) is 0 Å². The van der Waals surface area contributed by atoms with Crippen LogP contribution in [-0.4, -0.2) is 13.4 Å². The van der Waals surface area contributed by atoms with Crippen molar-refractivity contribution in [1.29, 1.82) is 0 Å². The van der Waals surface area contributed by atoms with E-state index in [0.29, 0.717) is 0 Å². The van der Waals surface area contributed by atoms with Crippen molar-refractivity contribution in [2.75, 3.05) is 7.11 Å². The Morgan fingerprint density at radius 1 is 1.23 bits per heavy atom. The Bertz CT molecular complexity index is 334. The molecule has 0 N–H and O–H groups in total. The molecular formula is C8H9N4O+. The molecule has 1 heterocycles. The Kier molecular flexibility index (Phi) is 1.88. The average molecular weight is 177 g/mol. The second kappa shape index (κ2) is 3.04. The first-order valence-corrected chi connectivity index (χ1v) is 3.84. The number of hydrogen-bond acceptors (Lipinski definition) is 4. The number of nitrogens with zero attached hydrogens (tertiary/aromatic N) is 4. The van der Waals surface area contributed by atoms with Crippen molar-refractivity contribution in [3.8, 4) is 0 Å². The van der Waals surface area contributed by atoms with E-state index in [4.69, 9.17) is 4.84 Å². The lowest BCUT2D eigenvalue weighted by molar-refractivity contribution is -0.0518. The van der Waals surface area contributed by atoms with Gasteiger partial charge in [0.1, 0.15) is 7.11 Å². The summed E-state index contributed by atoms with van der Waals surface area (Å²) in [6.45, 7) is 0. The van der Waals surface area contributed by atoms with Gasteiger partial charge in [-0.1, -0.05) is 23.3 Å². The molecule has 1 aliphatic heterocycles. The predicted molar refractivity (Wildman–Crippen MR) is 48.6 cm³/mol. The molecule has 0 aliphatic carbocycles. The topological polar surface area (TPSA) is 46.3 Å². The van der Waals surface area contributed by atoms with Crippen molar-refractivity contribution >= 4 is 12.0 Å². The summed E-state index contributed by atoms with van der Waals surface area (Å²) < 4.78 is -0.124. The van der Waals surface area contributed by atoms with Crippen molar-refractivity contribution in [2.45, 2.75) is 0 Å². The molecular weight excluding hydrogens is 168 g/mol. The van der Waals surface area contributed by atoms with E-state index in [-0.39, 0.29) is 4.76 Å². The fourth-order valence-corrected chi connectivity index (χ4v) is 1.15. The van der Waals surface area contributed by atoms with Crippen LogP contribution in [-0.2, 0) is 4.84 Å². The molecule has 13 heavy (non-hydrogen) atoms. The van der Waals surface area contributed by atoms with E-state index >= 15 is 0 Å². The molecule has 1 aromatic carbocycles. The Labute approximate surface area is 75.5 Å². The van der Waals surface area contributed by atoms with Gasteiger partial charge in [0.25, 0.3) is 6.34 Å². The Morgan fingerprint density at radius 2 is 2.00 bits per heavy atom. The number of para-hydroxylation sites is 1. The van der Waals surface area contributed by atoms with Gasteiger partial charge in [-0.25, -0.2) is 0 Å². The van der Waals surface area contributed by atoms with Crippen LogP contribution in [0.1, 0.15) is 0 Å². The largest absolute Gasteiger partial charge is 0.279 e. The molecule has 1 aromatic rings. The van der Waals surface area contributed by atoms with Crippen molar-refractivity contribution in [3.63, 3.8) is 0 Å². The lowest BCUT2D eigenvalue weighted by Gasteiger charge is -2.16. The summed E-state index contributed by atoms with van der Waals surface area (Å²) in [4.78, 5) is 5.21. The van der Waals surface area contributed by atoms with Crippen molar-refractivity contribution in [2.24, 2.45) is 15.5 Å². The van der Waals surface area contributed by atoms with Gasteiger partial charge in [-0.05, 0) is 0 Å². The van der Waals surface area contributed by atoms with Crippen LogP contribution in [0.2, 0.25) is 0 Å². The summed E-state index contributed by atoms with van der Waals surface area (Å²) in [7, 11) is 1.56. The Morgan fingerprint density at radius 3 is 2.54 bits per heavy atom. The molecule has 2 rings (SSSR count). The maximum atomic E-state index is 5.21. The zero-order chi connectivity index (χ0) is 9.15. The monoisotopic (exact) mass is 177 g/mol. The number of quaternary nitrogens is 1. The highest BCUT2D eigenvalue weighted by Gasteiger charge is 2.34. The SMILES string of the molecule is CO[N+]1(c2ccccc2)C=NN=N1. The van der Waals surface area contributed by atoms with Gasteiger partial charge < -0.3 is 0 Å². The van der Waals surface area contributed by atoms with Gasteiger partial charge in [0.2, 0.25) is 5.69 Å². The molecule has 1 unspecified atom stereocenters. The number of benzene rings is 1. The third-order valence-electron chi connectivity index (χ3n) is 1.84. The van der Waals surface area contributed by atoms with Crippen molar-refractivity contribution in [3.05, 3.63) is 30.3 Å². The van der Waals surface area contributed by atoms with Gasteiger partial charge in [-0.15, -0.1) is 0 Å². The summed E-state index contributed by atoms with van der Waals surface area (Å²) in [6.07, 6.45) is 1.52. The van der Waals surface area contributed by atoms with Gasteiger partial charge in [-0.2, -0.15) is 4.84 Å². The standard InChI is InChI=1S/C8H9N4O/c1-13-12(7-9-10-11-12)8-5-3-2-4-6-8/h2-7H,1H3/q+1. The minimum absolute atomic E-state index is 0.124. The molecule has 0 aromatic heterocycles. The summed E-state index contributed by atoms with van der Waals surface area (Å²) in [6, 6.07) is 9.56. The second-order valence-electron chi connectivity index (χ2n) is 2.55. The van der Waals surface area contributed by atoms with E-state index in [1.165, 1.54) is 6.34 Å². The van der Waals surface area contributed by atoms with Crippen molar-refractivity contribution in [1.82, 2.24) is 4.76 Å². The molecule has 66 valence electrons. The van der Waals surface area contributed by atoms with E-state index < -0.39 is 0 Å². The fourth-order valence-electron chi connectivity index (χ4n) is 1.15. The highest BCUT2D eigenvalue weighted by Crippen LogP contribution is 2.24. The number of hydroxylamine groups is 1. The van der Waals surface area contributed by atoms with Gasteiger partial charge in [0.05, 0.1) is 5.22 Å². The molecule has 0 saturated carbocycles. The third kappa shape index (κ3) is 1.24. The number of rotatable bonds is 2. The first-order valence-electron chi connectivity index (χ1n) is 3.84. The lowest BCUT2D eigenvalue weighted by atomic mass is 10.3. The zero-order valence-electron chi connectivity index (χ0n) is 7.16. The van der Waals surface area contributed by atoms with E-state index in [1.54, 1.807) is 7.11 Å². The fraction of sp³-hybridized carbons (Fsp3) is 0.125. The molecule has 1 aliphatic rings. The van der Waals surface area contributed by atoms with Crippen LogP contribution in [0, 0.1) is 0 Å². The van der Waals surface area contributed by atoms with Gasteiger partial charge in [-0.3, -0.25) is 0 Å². The van der Waals surface area contributed by atoms with Gasteiger partial charge in [0, 0.05) is 22.1 Å². The summed E-state index contributed by atoms with van der Waals surface area (Å²) in [5.74, 6) is 0. The van der Waals surface area contributed by atoms with Crippen LogP contribution in [0.25, 0.3) is 0 Å². The van der Waals surface area contributed by atoms with Crippen LogP contribution in [0.15, 0.2) is 45.9 Å². The molecule has 0 bridgehead atoms. The third-order valence-corrected chi connectivity index (χ3v) is 1.84. The lowest BCUT2D eigenvalue weighted by Crippen LogP contribution is -2.38. The molecule has 5 heteroatoms. The smallest absolute Gasteiger partial charge is 0.164 e. The molecule has 0 fully saturated rings. The second-order valence-corrected chi connectivity index (χ2v) is 2.55. The van der Waals surface area contributed by atoms with E-state index in [1.807, 2.05) is 30.3 Å². The molecule has 1 atom stereocenters. The molecule has 5 nitrogen and oxygen atoms in total. The van der Waals surface area contributed by atoms with Crippen LogP contribution < -0.4 is 4.76 Å². The molecule has 0 radical (unpaired) electrons. The summed E-state index contributed by atoms with van der Waals surface area (Å²) in [5, 5.41) is 11.1. The quantitative estimate of drug-likeness (QED) is 0.636. The Balaban J connectivity index is 2.44. The minimum atomic E-state index is -0.124. The van der Waals surface area contributed by atoms with Gasteiger partial charge >= 0.3 is 0 Å². The van der Waals surface area contributed by atoms with Crippen molar-refractivity contribution < 1.29 is 4.84 Å². The maximum absolute atomic E-state index is 5.21. The Hall–Kier alpha value is -1.59. The average Bonchev–Trinajstić information content (AvgIpc) is 2.69. The predicted octanol–water partition coefficient (Wildman–Crippen LogP) is 1.88. The molecule has 0 spiro atoms. The number of hydrogen-bond donors (Lipinski definition) is 0. The van der Waals surface area contributed by atoms with Crippen LogP contribution in [0.3, 0.4) is 0 Å². The van der Waals surface area contributed by atoms with E-state index in [0.717, 1.165) is 5.69 Å². The van der Waals surface area contributed by atoms with Crippen LogP contribution >= 0.6 is 0 Å².